The lowest BCUT2D eigenvalue weighted by molar-refractivity contribution is 0.102. The van der Waals surface area contributed by atoms with Crippen LogP contribution in [0.3, 0.4) is 0 Å². The highest BCUT2D eigenvalue weighted by molar-refractivity contribution is 6.03. The van der Waals surface area contributed by atoms with E-state index in [2.05, 4.69) is 20.6 Å². The summed E-state index contributed by atoms with van der Waals surface area (Å²) >= 11 is 0. The second kappa shape index (κ2) is 6.65. The van der Waals surface area contributed by atoms with E-state index in [1.807, 2.05) is 18.2 Å². The van der Waals surface area contributed by atoms with Gasteiger partial charge in [0.1, 0.15) is 23.7 Å². The average Bonchev–Trinajstić information content (AvgIpc) is 2.58. The molecule has 2 aromatic carbocycles. The Kier molecular flexibility index (Phi) is 4.24. The van der Waals surface area contributed by atoms with Crippen LogP contribution in [0.4, 0.5) is 21.6 Å². The first-order chi connectivity index (χ1) is 11.2. The molecule has 0 aliphatic rings. The van der Waals surface area contributed by atoms with Crippen LogP contribution in [-0.2, 0) is 0 Å². The van der Waals surface area contributed by atoms with Crippen molar-refractivity contribution in [1.82, 2.24) is 9.97 Å². The molecule has 1 heterocycles. The number of aromatic nitrogens is 2. The van der Waals surface area contributed by atoms with Crippen LogP contribution in [0.1, 0.15) is 10.5 Å². The van der Waals surface area contributed by atoms with Crippen molar-refractivity contribution in [2.45, 2.75) is 0 Å². The van der Waals surface area contributed by atoms with Crippen LogP contribution in [0.2, 0.25) is 0 Å². The van der Waals surface area contributed by atoms with Crippen molar-refractivity contribution < 1.29 is 9.18 Å². The van der Waals surface area contributed by atoms with E-state index in [-0.39, 0.29) is 17.3 Å². The quantitative estimate of drug-likeness (QED) is 0.772. The largest absolute Gasteiger partial charge is 0.338 e. The highest BCUT2D eigenvalue weighted by Gasteiger charge is 2.10. The first-order valence-corrected chi connectivity index (χ1v) is 6.92. The molecule has 3 rings (SSSR count). The lowest BCUT2D eigenvalue weighted by Gasteiger charge is -2.08. The summed E-state index contributed by atoms with van der Waals surface area (Å²) < 4.78 is 13.6. The van der Waals surface area contributed by atoms with Gasteiger partial charge in [-0.2, -0.15) is 0 Å². The van der Waals surface area contributed by atoms with Gasteiger partial charge < -0.3 is 10.6 Å². The molecule has 114 valence electrons. The Balaban J connectivity index is 1.77. The van der Waals surface area contributed by atoms with Crippen molar-refractivity contribution in [2.75, 3.05) is 10.6 Å². The Morgan fingerprint density at radius 2 is 1.70 bits per heavy atom. The zero-order valence-electron chi connectivity index (χ0n) is 12.0. The number of nitrogens with one attached hydrogen (secondary N) is 2. The molecule has 0 saturated carbocycles. The van der Waals surface area contributed by atoms with Crippen molar-refractivity contribution >= 4 is 23.1 Å². The number of carbonyl (C=O) groups is 1. The number of amides is 1. The molecule has 0 unspecified atom stereocenters. The fourth-order valence-electron chi connectivity index (χ4n) is 1.97. The number of hydrogen-bond donors (Lipinski definition) is 2. The SMILES string of the molecule is O=C(Nc1ccccc1)c1cc(Nc2ccccc2F)ncn1. The Labute approximate surface area is 132 Å². The monoisotopic (exact) mass is 308 g/mol. The summed E-state index contributed by atoms with van der Waals surface area (Å²) in [6.07, 6.45) is 1.25. The third kappa shape index (κ3) is 3.68. The molecule has 0 atom stereocenters. The first kappa shape index (κ1) is 14.6. The van der Waals surface area contributed by atoms with Crippen LogP contribution < -0.4 is 10.6 Å². The Morgan fingerprint density at radius 3 is 2.48 bits per heavy atom. The second-order valence-electron chi connectivity index (χ2n) is 4.71. The molecule has 1 aromatic heterocycles. The third-order valence-electron chi connectivity index (χ3n) is 3.07. The summed E-state index contributed by atoms with van der Waals surface area (Å²) in [6, 6.07) is 16.7. The van der Waals surface area contributed by atoms with E-state index in [0.717, 1.165) is 0 Å². The van der Waals surface area contributed by atoms with E-state index in [0.29, 0.717) is 11.5 Å². The van der Waals surface area contributed by atoms with E-state index in [1.165, 1.54) is 18.5 Å². The maximum atomic E-state index is 13.6. The second-order valence-corrected chi connectivity index (χ2v) is 4.71. The van der Waals surface area contributed by atoms with Crippen molar-refractivity contribution in [3.8, 4) is 0 Å². The maximum Gasteiger partial charge on any atom is 0.274 e. The third-order valence-corrected chi connectivity index (χ3v) is 3.07. The minimum Gasteiger partial charge on any atom is -0.338 e. The molecule has 0 aliphatic heterocycles. The highest BCUT2D eigenvalue weighted by atomic mass is 19.1. The van der Waals surface area contributed by atoms with Gasteiger partial charge in [0, 0.05) is 11.8 Å². The molecule has 0 radical (unpaired) electrons. The van der Waals surface area contributed by atoms with Gasteiger partial charge in [0.05, 0.1) is 5.69 Å². The minimum atomic E-state index is -0.401. The first-order valence-electron chi connectivity index (χ1n) is 6.92. The number of rotatable bonds is 4. The van der Waals surface area contributed by atoms with Crippen LogP contribution in [0.5, 0.6) is 0 Å². The normalized spacial score (nSPS) is 10.1. The Bertz CT molecular complexity index is 824. The van der Waals surface area contributed by atoms with Crippen molar-refractivity contribution in [2.24, 2.45) is 0 Å². The van der Waals surface area contributed by atoms with Crippen LogP contribution in [0, 0.1) is 5.82 Å². The number of nitrogens with zero attached hydrogens (tertiary/aromatic N) is 2. The lowest BCUT2D eigenvalue weighted by Crippen LogP contribution is -2.14. The molecule has 0 saturated heterocycles. The van der Waals surface area contributed by atoms with Crippen molar-refractivity contribution in [3.63, 3.8) is 0 Å². The summed E-state index contributed by atoms with van der Waals surface area (Å²) in [5, 5.41) is 5.55. The molecule has 23 heavy (non-hydrogen) atoms. The highest BCUT2D eigenvalue weighted by Crippen LogP contribution is 2.18. The predicted octanol–water partition coefficient (Wildman–Crippen LogP) is 3.61. The maximum absolute atomic E-state index is 13.6. The molecular formula is C17H13FN4O. The van der Waals surface area contributed by atoms with E-state index in [4.69, 9.17) is 0 Å². The summed E-state index contributed by atoms with van der Waals surface area (Å²) in [4.78, 5) is 20.1. The van der Waals surface area contributed by atoms with Gasteiger partial charge >= 0.3 is 0 Å². The molecule has 0 bridgehead atoms. The lowest BCUT2D eigenvalue weighted by atomic mass is 10.3. The van der Waals surface area contributed by atoms with Crippen LogP contribution in [-0.4, -0.2) is 15.9 Å². The molecule has 2 N–H and O–H groups in total. The Hall–Kier alpha value is -3.28. The topological polar surface area (TPSA) is 66.9 Å². The van der Waals surface area contributed by atoms with E-state index in [9.17, 15) is 9.18 Å². The van der Waals surface area contributed by atoms with Gasteiger partial charge in [-0.3, -0.25) is 4.79 Å². The smallest absolute Gasteiger partial charge is 0.274 e. The van der Waals surface area contributed by atoms with Gasteiger partial charge in [0.15, 0.2) is 0 Å². The number of benzene rings is 2. The fourth-order valence-corrected chi connectivity index (χ4v) is 1.97. The summed E-state index contributed by atoms with van der Waals surface area (Å²) in [5.41, 5.74) is 1.13. The fraction of sp³-hybridized carbons (Fsp3) is 0. The summed E-state index contributed by atoms with van der Waals surface area (Å²) in [6.45, 7) is 0. The van der Waals surface area contributed by atoms with E-state index >= 15 is 0 Å². The Morgan fingerprint density at radius 1 is 0.957 bits per heavy atom. The van der Waals surface area contributed by atoms with Gasteiger partial charge in [-0.05, 0) is 24.3 Å². The summed E-state index contributed by atoms with van der Waals surface area (Å²) in [7, 11) is 0. The van der Waals surface area contributed by atoms with Crippen molar-refractivity contribution in [3.05, 3.63) is 78.5 Å². The van der Waals surface area contributed by atoms with Crippen LogP contribution in [0.15, 0.2) is 67.0 Å². The standard InChI is InChI=1S/C17H13FN4O/c18-13-8-4-5-9-14(13)22-16-10-15(19-11-20-16)17(23)21-12-6-2-1-3-7-12/h1-11H,(H,21,23)(H,19,20,22). The van der Waals surface area contributed by atoms with Crippen LogP contribution >= 0.6 is 0 Å². The number of anilines is 3. The molecular weight excluding hydrogens is 295 g/mol. The van der Waals surface area contributed by atoms with Crippen molar-refractivity contribution in [1.29, 1.82) is 0 Å². The molecule has 6 heteroatoms. The molecule has 0 aliphatic carbocycles. The average molecular weight is 308 g/mol. The van der Waals surface area contributed by atoms with Gasteiger partial charge in [-0.25, -0.2) is 14.4 Å². The molecule has 1 amide bonds. The molecule has 0 fully saturated rings. The number of para-hydroxylation sites is 2. The minimum absolute atomic E-state index is 0.183. The van der Waals surface area contributed by atoms with E-state index < -0.39 is 5.82 Å². The zero-order valence-corrected chi connectivity index (χ0v) is 12.0. The zero-order chi connectivity index (χ0) is 16.1. The number of hydrogen-bond acceptors (Lipinski definition) is 4. The van der Waals surface area contributed by atoms with Gasteiger partial charge in [0.25, 0.3) is 5.91 Å². The molecule has 3 aromatic rings. The predicted molar refractivity (Wildman–Crippen MR) is 86.1 cm³/mol. The van der Waals surface area contributed by atoms with Gasteiger partial charge in [-0.15, -0.1) is 0 Å². The van der Waals surface area contributed by atoms with Crippen LogP contribution in [0.25, 0.3) is 0 Å². The molecule has 5 nitrogen and oxygen atoms in total. The number of halogens is 1. The van der Waals surface area contributed by atoms with E-state index in [1.54, 1.807) is 30.3 Å². The number of carbonyl (C=O) groups excluding carboxylic acids is 1. The van der Waals surface area contributed by atoms with Gasteiger partial charge in [0.2, 0.25) is 0 Å². The molecule has 0 spiro atoms. The summed E-state index contributed by atoms with van der Waals surface area (Å²) in [5.74, 6) is -0.431. The van der Waals surface area contributed by atoms with Gasteiger partial charge in [-0.1, -0.05) is 30.3 Å².